The van der Waals surface area contributed by atoms with Crippen molar-refractivity contribution < 1.29 is 23.2 Å². The van der Waals surface area contributed by atoms with Crippen LogP contribution in [0.3, 0.4) is 0 Å². The van der Waals surface area contributed by atoms with E-state index in [1.54, 1.807) is 0 Å². The van der Waals surface area contributed by atoms with Crippen molar-refractivity contribution >= 4 is 44.6 Å². The average Bonchev–Trinajstić information content (AvgIpc) is 2.69. The number of carbonyl (C=O) groups is 1. The third-order valence-corrected chi connectivity index (χ3v) is 6.09. The second-order valence-corrected chi connectivity index (χ2v) is 7.40. The molecule has 106 valence electrons. The van der Waals surface area contributed by atoms with E-state index in [0.717, 1.165) is 13.1 Å². The summed E-state index contributed by atoms with van der Waals surface area (Å²) in [6.07, 6.45) is 0. The Morgan fingerprint density at radius 1 is 1.63 bits per heavy atom. The number of halogens is 1. The highest BCUT2D eigenvalue weighted by atomic mass is 35.5. The van der Waals surface area contributed by atoms with Gasteiger partial charge in [-0.25, -0.2) is 8.42 Å². The van der Waals surface area contributed by atoms with E-state index in [2.05, 4.69) is 0 Å². The fraction of sp³-hybridized carbons (Fsp3) is 0.375. The lowest BCUT2D eigenvalue weighted by Crippen LogP contribution is -2.39. The Labute approximate surface area is 117 Å². The summed E-state index contributed by atoms with van der Waals surface area (Å²) in [6.45, 7) is 1.18. The molecule has 1 unspecified atom stereocenters. The molecule has 0 aliphatic rings. The van der Waals surface area contributed by atoms with E-state index < -0.39 is 32.6 Å². The predicted octanol–water partition coefficient (Wildman–Crippen LogP) is 1.40. The molecule has 1 atom stereocenters. The highest BCUT2D eigenvalue weighted by Crippen LogP contribution is 2.37. The first-order valence-corrected chi connectivity index (χ1v) is 7.37. The van der Waals surface area contributed by atoms with Crippen LogP contribution >= 0.6 is 22.9 Å². The topological polar surface area (TPSA) is 118 Å². The third kappa shape index (κ3) is 3.03. The molecule has 8 nitrogen and oxygen atoms in total. The third-order valence-electron chi connectivity index (χ3n) is 2.38. The van der Waals surface area contributed by atoms with Crippen LogP contribution in [-0.4, -0.2) is 41.8 Å². The van der Waals surface area contributed by atoms with E-state index in [1.165, 1.54) is 6.92 Å². The number of thiophene rings is 1. The van der Waals surface area contributed by atoms with Crippen molar-refractivity contribution in [1.82, 2.24) is 4.31 Å². The van der Waals surface area contributed by atoms with Crippen molar-refractivity contribution in [3.8, 4) is 0 Å². The van der Waals surface area contributed by atoms with Crippen LogP contribution in [0.2, 0.25) is 4.34 Å². The number of aliphatic carboxylic acids is 1. The Morgan fingerprint density at radius 2 is 2.16 bits per heavy atom. The molecule has 1 rings (SSSR count). The van der Waals surface area contributed by atoms with E-state index in [-0.39, 0.29) is 8.55 Å². The molecule has 0 amide bonds. The summed E-state index contributed by atoms with van der Waals surface area (Å²) in [5.74, 6) is -1.33. The van der Waals surface area contributed by atoms with E-state index in [4.69, 9.17) is 16.7 Å². The van der Waals surface area contributed by atoms with E-state index >= 15 is 0 Å². The molecule has 1 aromatic heterocycles. The van der Waals surface area contributed by atoms with Gasteiger partial charge < -0.3 is 5.11 Å². The molecular weight excluding hydrogens is 320 g/mol. The Balaban J connectivity index is 3.25. The minimum atomic E-state index is -4.14. The zero-order chi connectivity index (χ0) is 15.0. The predicted molar refractivity (Wildman–Crippen MR) is 68.0 cm³/mol. The standard InChI is InChI=1S/C8H9ClN2O6S2/c1-4(8(12)13)10(2)19(16,17)6-3-5(11(14)15)7(9)18-6/h3-4H,1-2H3,(H,12,13). The lowest BCUT2D eigenvalue weighted by molar-refractivity contribution is -0.384. The molecule has 0 saturated heterocycles. The van der Waals surface area contributed by atoms with Crippen LogP contribution in [0.15, 0.2) is 10.3 Å². The molecule has 19 heavy (non-hydrogen) atoms. The van der Waals surface area contributed by atoms with Gasteiger partial charge in [0, 0.05) is 13.1 Å². The molecule has 0 aliphatic heterocycles. The van der Waals surface area contributed by atoms with Crippen molar-refractivity contribution in [1.29, 1.82) is 0 Å². The Hall–Kier alpha value is -1.23. The van der Waals surface area contributed by atoms with Crippen LogP contribution in [0.4, 0.5) is 5.69 Å². The molecule has 0 aliphatic carbocycles. The van der Waals surface area contributed by atoms with Crippen molar-refractivity contribution in [3.63, 3.8) is 0 Å². The van der Waals surface area contributed by atoms with Gasteiger partial charge in [0.25, 0.3) is 15.7 Å². The summed E-state index contributed by atoms with van der Waals surface area (Å²) in [7, 11) is -3.06. The van der Waals surface area contributed by atoms with E-state index in [9.17, 15) is 23.3 Å². The monoisotopic (exact) mass is 328 g/mol. The molecule has 0 radical (unpaired) electrons. The summed E-state index contributed by atoms with van der Waals surface area (Å²) in [4.78, 5) is 20.6. The summed E-state index contributed by atoms with van der Waals surface area (Å²) < 4.78 is 24.1. The largest absolute Gasteiger partial charge is 0.480 e. The van der Waals surface area contributed by atoms with Crippen LogP contribution in [0.5, 0.6) is 0 Å². The van der Waals surface area contributed by atoms with Crippen LogP contribution in [0, 0.1) is 10.1 Å². The van der Waals surface area contributed by atoms with Gasteiger partial charge in [-0.1, -0.05) is 11.6 Å². The Bertz CT molecular complexity index is 625. The lowest BCUT2D eigenvalue weighted by Gasteiger charge is -2.19. The van der Waals surface area contributed by atoms with Gasteiger partial charge in [0.1, 0.15) is 10.3 Å². The number of nitro groups is 1. The number of nitrogens with zero attached hydrogens (tertiary/aromatic N) is 2. The lowest BCUT2D eigenvalue weighted by atomic mass is 10.4. The first kappa shape index (κ1) is 15.8. The normalized spacial score (nSPS) is 13.5. The highest BCUT2D eigenvalue weighted by Gasteiger charge is 2.33. The zero-order valence-electron chi connectivity index (χ0n) is 9.73. The van der Waals surface area contributed by atoms with Gasteiger partial charge in [-0.3, -0.25) is 14.9 Å². The quantitative estimate of drug-likeness (QED) is 0.644. The molecule has 1 aromatic rings. The van der Waals surface area contributed by atoms with Gasteiger partial charge in [-0.05, 0) is 6.92 Å². The van der Waals surface area contributed by atoms with Crippen molar-refractivity contribution in [2.24, 2.45) is 0 Å². The SMILES string of the molecule is CC(C(=O)O)N(C)S(=O)(=O)c1cc([N+](=O)[O-])c(Cl)s1. The van der Waals surface area contributed by atoms with Crippen LogP contribution < -0.4 is 0 Å². The van der Waals surface area contributed by atoms with Crippen molar-refractivity contribution in [2.75, 3.05) is 7.05 Å². The highest BCUT2D eigenvalue weighted by molar-refractivity contribution is 7.91. The maximum absolute atomic E-state index is 12.1. The van der Waals surface area contributed by atoms with Crippen molar-refractivity contribution in [2.45, 2.75) is 17.2 Å². The maximum atomic E-state index is 12.1. The summed E-state index contributed by atoms with van der Waals surface area (Å²) in [6, 6.07) is -0.488. The Morgan fingerprint density at radius 3 is 2.53 bits per heavy atom. The molecular formula is C8H9ClN2O6S2. The average molecular weight is 329 g/mol. The zero-order valence-corrected chi connectivity index (χ0v) is 12.1. The minimum absolute atomic E-state index is 0.278. The smallest absolute Gasteiger partial charge is 0.321 e. The molecule has 1 N–H and O–H groups in total. The first-order chi connectivity index (χ1) is 8.59. The number of sulfonamides is 1. The van der Waals surface area contributed by atoms with Gasteiger partial charge in [0.15, 0.2) is 4.34 Å². The number of carboxylic acids is 1. The molecule has 11 heteroatoms. The first-order valence-electron chi connectivity index (χ1n) is 4.73. The van der Waals surface area contributed by atoms with Gasteiger partial charge in [0.05, 0.1) is 4.92 Å². The number of hydrogen-bond donors (Lipinski definition) is 1. The van der Waals surface area contributed by atoms with E-state index in [1.807, 2.05) is 0 Å². The fourth-order valence-corrected chi connectivity index (χ4v) is 4.27. The molecule has 0 saturated carbocycles. The second kappa shape index (κ2) is 5.41. The summed E-state index contributed by atoms with van der Waals surface area (Å²) >= 11 is 6.08. The number of carboxylic acid groups (broad SMARTS) is 1. The molecule has 0 fully saturated rings. The van der Waals surface area contributed by atoms with Crippen LogP contribution in [0.25, 0.3) is 0 Å². The molecule has 0 aromatic carbocycles. The summed E-state index contributed by atoms with van der Waals surface area (Å²) in [5, 5.41) is 19.4. The number of likely N-dealkylation sites (N-methyl/N-ethyl adjacent to an activating group) is 1. The van der Waals surface area contributed by atoms with Gasteiger partial charge in [0.2, 0.25) is 0 Å². The molecule has 1 heterocycles. The molecule has 0 bridgehead atoms. The fourth-order valence-electron chi connectivity index (χ4n) is 1.10. The minimum Gasteiger partial charge on any atom is -0.480 e. The van der Waals surface area contributed by atoms with E-state index in [0.29, 0.717) is 15.6 Å². The van der Waals surface area contributed by atoms with Crippen molar-refractivity contribution in [3.05, 3.63) is 20.5 Å². The summed E-state index contributed by atoms with van der Waals surface area (Å²) in [5.41, 5.74) is -0.526. The maximum Gasteiger partial charge on any atom is 0.321 e. The second-order valence-electron chi connectivity index (χ2n) is 3.52. The van der Waals surface area contributed by atoms with Gasteiger partial charge >= 0.3 is 5.97 Å². The van der Waals surface area contributed by atoms with Crippen LogP contribution in [0.1, 0.15) is 6.92 Å². The number of rotatable bonds is 5. The number of hydrogen-bond acceptors (Lipinski definition) is 6. The van der Waals surface area contributed by atoms with Crippen LogP contribution in [-0.2, 0) is 14.8 Å². The van der Waals surface area contributed by atoms with Gasteiger partial charge in [-0.15, -0.1) is 11.3 Å². The Kier molecular flexibility index (Phi) is 4.50. The van der Waals surface area contributed by atoms with Gasteiger partial charge in [-0.2, -0.15) is 4.31 Å². The molecule has 0 spiro atoms.